The highest BCUT2D eigenvalue weighted by Gasteiger charge is 2.10. The van der Waals surface area contributed by atoms with Crippen LogP contribution in [0.1, 0.15) is 30.7 Å². The molecule has 0 saturated carbocycles. The first kappa shape index (κ1) is 13.7. The van der Waals surface area contributed by atoms with Crippen molar-refractivity contribution in [3.63, 3.8) is 0 Å². The maximum Gasteiger partial charge on any atom is 0.134 e. The average molecular weight is 281 g/mol. The van der Waals surface area contributed by atoms with Gasteiger partial charge in [-0.2, -0.15) is 0 Å². The van der Waals surface area contributed by atoms with Crippen molar-refractivity contribution in [3.05, 3.63) is 65.9 Å². The van der Waals surface area contributed by atoms with Crippen LogP contribution in [-0.2, 0) is 6.61 Å². The van der Waals surface area contributed by atoms with Crippen molar-refractivity contribution in [2.45, 2.75) is 26.0 Å². The molecular weight excluding hydrogens is 262 g/mol. The van der Waals surface area contributed by atoms with Crippen LogP contribution >= 0.6 is 0 Å². The molecule has 1 heterocycles. The summed E-state index contributed by atoms with van der Waals surface area (Å²) < 4.78 is 11.6. The Morgan fingerprint density at radius 3 is 2.67 bits per heavy atom. The maximum atomic E-state index is 6.01. The van der Waals surface area contributed by atoms with Crippen LogP contribution in [0.3, 0.4) is 0 Å². The van der Waals surface area contributed by atoms with Gasteiger partial charge in [0.2, 0.25) is 0 Å². The Labute approximate surface area is 124 Å². The quantitative estimate of drug-likeness (QED) is 0.753. The van der Waals surface area contributed by atoms with E-state index in [0.717, 1.165) is 34.5 Å². The number of rotatable bonds is 5. The lowest BCUT2D eigenvalue weighted by Gasteiger charge is -2.05. The maximum absolute atomic E-state index is 6.01. The molecule has 0 aliphatic carbocycles. The molecule has 1 aromatic heterocycles. The van der Waals surface area contributed by atoms with E-state index < -0.39 is 0 Å². The molecule has 2 N–H and O–H groups in total. The summed E-state index contributed by atoms with van der Waals surface area (Å²) in [4.78, 5) is 0. The standard InChI is InChI=1S/C18H19NO2/c1-2-16(19)18-11-14-10-15(8-9-17(14)21-18)20-12-13-6-4-3-5-7-13/h3-11,16H,2,12,19H2,1H3. The minimum Gasteiger partial charge on any atom is -0.489 e. The Hall–Kier alpha value is -2.26. The fraction of sp³-hybridized carbons (Fsp3) is 0.222. The highest BCUT2D eigenvalue weighted by molar-refractivity contribution is 5.79. The molecule has 0 saturated heterocycles. The van der Waals surface area contributed by atoms with Crippen LogP contribution in [0.25, 0.3) is 11.0 Å². The monoisotopic (exact) mass is 281 g/mol. The van der Waals surface area contributed by atoms with E-state index in [1.807, 2.05) is 49.4 Å². The summed E-state index contributed by atoms with van der Waals surface area (Å²) in [6.07, 6.45) is 0.858. The van der Waals surface area contributed by atoms with Gasteiger partial charge in [-0.05, 0) is 36.2 Å². The first-order valence-electron chi connectivity index (χ1n) is 7.22. The number of furan rings is 1. The average Bonchev–Trinajstić information content (AvgIpc) is 2.96. The zero-order valence-corrected chi connectivity index (χ0v) is 12.1. The van der Waals surface area contributed by atoms with Crippen molar-refractivity contribution in [2.24, 2.45) is 5.73 Å². The molecule has 0 bridgehead atoms. The van der Waals surface area contributed by atoms with Crippen LogP contribution < -0.4 is 10.5 Å². The van der Waals surface area contributed by atoms with Gasteiger partial charge in [0.15, 0.2) is 0 Å². The summed E-state index contributed by atoms with van der Waals surface area (Å²) in [5, 5.41) is 1.03. The molecule has 3 aromatic rings. The van der Waals surface area contributed by atoms with E-state index in [-0.39, 0.29) is 6.04 Å². The third-order valence-electron chi connectivity index (χ3n) is 3.56. The lowest BCUT2D eigenvalue weighted by molar-refractivity contribution is 0.306. The Balaban J connectivity index is 1.77. The lowest BCUT2D eigenvalue weighted by atomic mass is 10.1. The second-order valence-electron chi connectivity index (χ2n) is 5.14. The molecule has 3 nitrogen and oxygen atoms in total. The summed E-state index contributed by atoms with van der Waals surface area (Å²) in [5.41, 5.74) is 8.01. The fourth-order valence-electron chi connectivity index (χ4n) is 2.26. The van der Waals surface area contributed by atoms with Gasteiger partial charge in [0, 0.05) is 5.39 Å². The molecule has 0 aliphatic heterocycles. The molecule has 108 valence electrons. The fourth-order valence-corrected chi connectivity index (χ4v) is 2.26. The van der Waals surface area contributed by atoms with Gasteiger partial charge in [0.1, 0.15) is 23.7 Å². The topological polar surface area (TPSA) is 48.4 Å². The number of benzene rings is 2. The smallest absolute Gasteiger partial charge is 0.134 e. The highest BCUT2D eigenvalue weighted by Crippen LogP contribution is 2.27. The van der Waals surface area contributed by atoms with Gasteiger partial charge in [-0.25, -0.2) is 0 Å². The molecule has 0 spiro atoms. The van der Waals surface area contributed by atoms with Crippen molar-refractivity contribution in [1.29, 1.82) is 0 Å². The summed E-state index contributed by atoms with van der Waals surface area (Å²) >= 11 is 0. The number of nitrogens with two attached hydrogens (primary N) is 1. The van der Waals surface area contributed by atoms with Crippen LogP contribution in [0.4, 0.5) is 0 Å². The van der Waals surface area contributed by atoms with Crippen LogP contribution in [0.5, 0.6) is 5.75 Å². The molecule has 0 amide bonds. The number of fused-ring (bicyclic) bond motifs is 1. The molecule has 21 heavy (non-hydrogen) atoms. The third-order valence-corrected chi connectivity index (χ3v) is 3.56. The van der Waals surface area contributed by atoms with E-state index in [9.17, 15) is 0 Å². The van der Waals surface area contributed by atoms with Crippen LogP contribution in [-0.4, -0.2) is 0 Å². The van der Waals surface area contributed by atoms with Gasteiger partial charge < -0.3 is 14.9 Å². The van der Waals surface area contributed by atoms with E-state index in [2.05, 4.69) is 12.1 Å². The van der Waals surface area contributed by atoms with Crippen LogP contribution in [0.2, 0.25) is 0 Å². The lowest BCUT2D eigenvalue weighted by Crippen LogP contribution is -2.06. The minimum absolute atomic E-state index is 0.0499. The zero-order chi connectivity index (χ0) is 14.7. The van der Waals surface area contributed by atoms with E-state index in [1.165, 1.54) is 0 Å². The second kappa shape index (κ2) is 6.02. The highest BCUT2D eigenvalue weighted by atomic mass is 16.5. The minimum atomic E-state index is -0.0499. The van der Waals surface area contributed by atoms with E-state index in [1.54, 1.807) is 0 Å². The first-order valence-corrected chi connectivity index (χ1v) is 7.22. The predicted octanol–water partition coefficient (Wildman–Crippen LogP) is 4.42. The predicted molar refractivity (Wildman–Crippen MR) is 84.2 cm³/mol. The molecule has 0 fully saturated rings. The molecule has 1 unspecified atom stereocenters. The Kier molecular flexibility index (Phi) is 3.93. The van der Waals surface area contributed by atoms with Crippen molar-refractivity contribution in [3.8, 4) is 5.75 Å². The number of ether oxygens (including phenoxy) is 1. The zero-order valence-electron chi connectivity index (χ0n) is 12.1. The van der Waals surface area contributed by atoms with Gasteiger partial charge in [-0.1, -0.05) is 37.3 Å². The molecule has 0 radical (unpaired) electrons. The van der Waals surface area contributed by atoms with E-state index in [0.29, 0.717) is 6.61 Å². The molecular formula is C18H19NO2. The van der Waals surface area contributed by atoms with Gasteiger partial charge in [0.05, 0.1) is 6.04 Å². The molecule has 0 aliphatic rings. The summed E-state index contributed by atoms with van der Waals surface area (Å²) in [6.45, 7) is 2.61. The Morgan fingerprint density at radius 1 is 1.10 bits per heavy atom. The first-order chi connectivity index (χ1) is 10.3. The normalized spacial score (nSPS) is 12.5. The van der Waals surface area contributed by atoms with Gasteiger partial charge in [-0.15, -0.1) is 0 Å². The van der Waals surface area contributed by atoms with Crippen molar-refractivity contribution in [2.75, 3.05) is 0 Å². The largest absolute Gasteiger partial charge is 0.489 e. The molecule has 3 rings (SSSR count). The Bertz CT molecular complexity index is 718. The summed E-state index contributed by atoms with van der Waals surface area (Å²) in [6, 6.07) is 17.9. The van der Waals surface area contributed by atoms with Crippen molar-refractivity contribution >= 4 is 11.0 Å². The number of hydrogen-bond donors (Lipinski definition) is 1. The van der Waals surface area contributed by atoms with E-state index in [4.69, 9.17) is 14.9 Å². The molecule has 2 aromatic carbocycles. The molecule has 1 atom stereocenters. The summed E-state index contributed by atoms with van der Waals surface area (Å²) in [7, 11) is 0. The summed E-state index contributed by atoms with van der Waals surface area (Å²) in [5.74, 6) is 1.66. The Morgan fingerprint density at radius 2 is 1.90 bits per heavy atom. The van der Waals surface area contributed by atoms with Crippen LogP contribution in [0.15, 0.2) is 59.0 Å². The second-order valence-corrected chi connectivity index (χ2v) is 5.14. The van der Waals surface area contributed by atoms with Crippen molar-refractivity contribution in [1.82, 2.24) is 0 Å². The SMILES string of the molecule is CCC(N)c1cc2cc(OCc3ccccc3)ccc2o1. The molecule has 3 heteroatoms. The van der Waals surface area contributed by atoms with Crippen LogP contribution in [0, 0.1) is 0 Å². The number of hydrogen-bond acceptors (Lipinski definition) is 3. The third kappa shape index (κ3) is 3.09. The van der Waals surface area contributed by atoms with Gasteiger partial charge in [-0.3, -0.25) is 0 Å². The van der Waals surface area contributed by atoms with Crippen molar-refractivity contribution < 1.29 is 9.15 Å². The van der Waals surface area contributed by atoms with E-state index >= 15 is 0 Å². The van der Waals surface area contributed by atoms with Gasteiger partial charge >= 0.3 is 0 Å². The van der Waals surface area contributed by atoms with Gasteiger partial charge in [0.25, 0.3) is 0 Å².